The minimum Gasteiger partial charge on any atom is -0.388 e. The van der Waals surface area contributed by atoms with Gasteiger partial charge in [0.05, 0.1) is 6.10 Å². The quantitative estimate of drug-likeness (QED) is 0.862. The molecule has 1 unspecified atom stereocenters. The molecule has 20 heavy (non-hydrogen) atoms. The van der Waals surface area contributed by atoms with Crippen LogP contribution in [0.4, 0.5) is 5.69 Å². The van der Waals surface area contributed by atoms with Crippen molar-refractivity contribution in [2.45, 2.75) is 19.4 Å². The number of aliphatic hydroxyl groups excluding tert-OH is 1. The Kier molecular flexibility index (Phi) is 3.28. The van der Waals surface area contributed by atoms with Crippen molar-refractivity contribution in [3.8, 4) is 0 Å². The molecule has 3 heteroatoms. The van der Waals surface area contributed by atoms with Gasteiger partial charge in [-0.3, -0.25) is 4.79 Å². The molecule has 1 heterocycles. The summed E-state index contributed by atoms with van der Waals surface area (Å²) in [5, 5.41) is 10.0. The van der Waals surface area contributed by atoms with Crippen molar-refractivity contribution in [3.63, 3.8) is 0 Å². The number of amides is 1. The highest BCUT2D eigenvalue weighted by Crippen LogP contribution is 2.34. The zero-order valence-electron chi connectivity index (χ0n) is 11.4. The minimum atomic E-state index is -0.478. The summed E-state index contributed by atoms with van der Waals surface area (Å²) in [5.41, 5.74) is 3.47. The molecule has 1 aliphatic heterocycles. The third-order valence-corrected chi connectivity index (χ3v) is 3.76. The van der Waals surface area contributed by atoms with Crippen molar-refractivity contribution in [1.82, 2.24) is 0 Å². The first-order valence-corrected chi connectivity index (χ1v) is 6.82. The fraction of sp³-hybridized carbons (Fsp3) is 0.235. The summed E-state index contributed by atoms with van der Waals surface area (Å²) in [6, 6.07) is 15.2. The number of anilines is 1. The molecule has 2 aromatic carbocycles. The van der Waals surface area contributed by atoms with Gasteiger partial charge in [0, 0.05) is 23.4 Å². The number of hydrogen-bond donors (Lipinski definition) is 1. The predicted molar refractivity (Wildman–Crippen MR) is 78.9 cm³/mol. The van der Waals surface area contributed by atoms with Crippen molar-refractivity contribution >= 4 is 11.6 Å². The molecule has 0 spiro atoms. The summed E-state index contributed by atoms with van der Waals surface area (Å²) in [5.74, 6) is -0.00986. The normalized spacial score (nSPS) is 17.7. The van der Waals surface area contributed by atoms with Gasteiger partial charge in [-0.05, 0) is 31.5 Å². The number of aryl methyl sites for hydroxylation is 1. The molecular weight excluding hydrogens is 250 g/mol. The van der Waals surface area contributed by atoms with Gasteiger partial charge in [0.2, 0.25) is 0 Å². The lowest BCUT2D eigenvalue weighted by molar-refractivity contribution is 0.0970. The summed E-state index contributed by atoms with van der Waals surface area (Å²) >= 11 is 0. The molecule has 3 rings (SSSR count). The third kappa shape index (κ3) is 2.21. The van der Waals surface area contributed by atoms with Crippen LogP contribution in [0.15, 0.2) is 48.5 Å². The van der Waals surface area contributed by atoms with Gasteiger partial charge in [-0.1, -0.05) is 35.9 Å². The summed E-state index contributed by atoms with van der Waals surface area (Å²) < 4.78 is 0. The monoisotopic (exact) mass is 267 g/mol. The van der Waals surface area contributed by atoms with Gasteiger partial charge in [0.1, 0.15) is 0 Å². The van der Waals surface area contributed by atoms with Crippen molar-refractivity contribution in [3.05, 3.63) is 65.2 Å². The van der Waals surface area contributed by atoms with Gasteiger partial charge in [0.15, 0.2) is 0 Å². The third-order valence-electron chi connectivity index (χ3n) is 3.76. The number of rotatable bonds is 1. The highest BCUT2D eigenvalue weighted by atomic mass is 16.3. The Hall–Kier alpha value is -2.13. The molecular formula is C17H17NO2. The fourth-order valence-corrected chi connectivity index (χ4v) is 2.61. The van der Waals surface area contributed by atoms with Gasteiger partial charge < -0.3 is 10.0 Å². The number of para-hydroxylation sites is 1. The number of carbonyl (C=O) groups excluding carboxylic acids is 1. The van der Waals surface area contributed by atoms with Crippen LogP contribution >= 0.6 is 0 Å². The number of benzene rings is 2. The van der Waals surface area contributed by atoms with Crippen molar-refractivity contribution < 1.29 is 9.90 Å². The highest BCUT2D eigenvalue weighted by molar-refractivity contribution is 6.06. The molecule has 2 aromatic rings. The van der Waals surface area contributed by atoms with E-state index in [2.05, 4.69) is 0 Å². The summed E-state index contributed by atoms with van der Waals surface area (Å²) in [6.45, 7) is 2.55. The van der Waals surface area contributed by atoms with Gasteiger partial charge in [-0.25, -0.2) is 0 Å². The molecule has 1 N–H and O–H groups in total. The fourth-order valence-electron chi connectivity index (χ4n) is 2.61. The predicted octanol–water partition coefficient (Wildman–Crippen LogP) is 3.08. The molecule has 0 aromatic heterocycles. The van der Waals surface area contributed by atoms with Crippen LogP contribution in [-0.4, -0.2) is 17.6 Å². The molecule has 0 saturated carbocycles. The maximum Gasteiger partial charge on any atom is 0.258 e. The highest BCUT2D eigenvalue weighted by Gasteiger charge is 2.27. The molecule has 0 fully saturated rings. The molecule has 1 amide bonds. The number of hydrogen-bond acceptors (Lipinski definition) is 2. The van der Waals surface area contributed by atoms with Crippen LogP contribution in [0.1, 0.15) is 34.0 Å². The van der Waals surface area contributed by atoms with E-state index in [0.717, 1.165) is 16.8 Å². The van der Waals surface area contributed by atoms with Crippen LogP contribution in [0.2, 0.25) is 0 Å². The zero-order chi connectivity index (χ0) is 14.1. The number of fused-ring (bicyclic) bond motifs is 1. The first-order chi connectivity index (χ1) is 9.66. The SMILES string of the molecule is Cc1ccc(C(=O)N2CCC(O)c3ccccc32)cc1. The molecule has 3 nitrogen and oxygen atoms in total. The van der Waals surface area contributed by atoms with E-state index in [1.165, 1.54) is 0 Å². The van der Waals surface area contributed by atoms with Crippen molar-refractivity contribution in [1.29, 1.82) is 0 Å². The van der Waals surface area contributed by atoms with Gasteiger partial charge in [-0.2, -0.15) is 0 Å². The first kappa shape index (κ1) is 12.9. The van der Waals surface area contributed by atoms with Gasteiger partial charge >= 0.3 is 0 Å². The van der Waals surface area contributed by atoms with E-state index in [9.17, 15) is 9.90 Å². The number of carbonyl (C=O) groups is 1. The van der Waals surface area contributed by atoms with Crippen LogP contribution in [0.25, 0.3) is 0 Å². The topological polar surface area (TPSA) is 40.5 Å². The van der Waals surface area contributed by atoms with Crippen molar-refractivity contribution in [2.75, 3.05) is 11.4 Å². The van der Waals surface area contributed by atoms with Gasteiger partial charge in [-0.15, -0.1) is 0 Å². The van der Waals surface area contributed by atoms with E-state index >= 15 is 0 Å². The van der Waals surface area contributed by atoms with Crippen LogP contribution in [0.5, 0.6) is 0 Å². The van der Waals surface area contributed by atoms with Crippen LogP contribution < -0.4 is 4.90 Å². The van der Waals surface area contributed by atoms with Crippen LogP contribution in [0, 0.1) is 6.92 Å². The lowest BCUT2D eigenvalue weighted by Crippen LogP contribution is -2.36. The number of nitrogens with zero attached hydrogens (tertiary/aromatic N) is 1. The van der Waals surface area contributed by atoms with E-state index in [1.54, 1.807) is 4.90 Å². The average molecular weight is 267 g/mol. The zero-order valence-corrected chi connectivity index (χ0v) is 11.4. The molecule has 1 atom stereocenters. The Morgan fingerprint density at radius 3 is 2.60 bits per heavy atom. The minimum absolute atomic E-state index is 0.00986. The van der Waals surface area contributed by atoms with E-state index in [0.29, 0.717) is 18.5 Å². The first-order valence-electron chi connectivity index (χ1n) is 6.82. The smallest absolute Gasteiger partial charge is 0.258 e. The molecule has 102 valence electrons. The Labute approximate surface area is 118 Å². The summed E-state index contributed by atoms with van der Waals surface area (Å²) in [4.78, 5) is 14.4. The molecule has 0 aliphatic carbocycles. The van der Waals surface area contributed by atoms with E-state index < -0.39 is 6.10 Å². The standard InChI is InChI=1S/C17H17NO2/c1-12-6-8-13(9-7-12)17(20)18-11-10-16(19)14-4-2-3-5-15(14)18/h2-9,16,19H,10-11H2,1H3. The second-order valence-corrected chi connectivity index (χ2v) is 5.19. The maximum absolute atomic E-state index is 12.6. The molecule has 0 radical (unpaired) electrons. The average Bonchev–Trinajstić information content (AvgIpc) is 2.48. The molecule has 0 bridgehead atoms. The lowest BCUT2D eigenvalue weighted by atomic mass is 9.98. The second kappa shape index (κ2) is 5.10. The van der Waals surface area contributed by atoms with Crippen molar-refractivity contribution in [2.24, 2.45) is 0 Å². The van der Waals surface area contributed by atoms with E-state index in [-0.39, 0.29) is 5.91 Å². The maximum atomic E-state index is 12.6. The molecule has 0 saturated heterocycles. The van der Waals surface area contributed by atoms with Crippen LogP contribution in [-0.2, 0) is 0 Å². The number of aliphatic hydroxyl groups is 1. The summed E-state index contributed by atoms with van der Waals surface area (Å²) in [6.07, 6.45) is 0.0995. The Balaban J connectivity index is 1.97. The largest absolute Gasteiger partial charge is 0.388 e. The van der Waals surface area contributed by atoms with E-state index in [1.807, 2.05) is 55.5 Å². The lowest BCUT2D eigenvalue weighted by Gasteiger charge is -2.32. The Morgan fingerprint density at radius 2 is 1.85 bits per heavy atom. The second-order valence-electron chi connectivity index (χ2n) is 5.19. The van der Waals surface area contributed by atoms with E-state index in [4.69, 9.17) is 0 Å². The van der Waals surface area contributed by atoms with Crippen LogP contribution in [0.3, 0.4) is 0 Å². The Bertz CT molecular complexity index is 634. The molecule has 1 aliphatic rings. The summed E-state index contributed by atoms with van der Waals surface area (Å²) in [7, 11) is 0. The van der Waals surface area contributed by atoms with Gasteiger partial charge in [0.25, 0.3) is 5.91 Å². The Morgan fingerprint density at radius 1 is 1.15 bits per heavy atom.